The van der Waals surface area contributed by atoms with Crippen molar-refractivity contribution in [1.82, 2.24) is 31.5 Å². The van der Waals surface area contributed by atoms with Crippen LogP contribution in [0.15, 0.2) is 0 Å². The Morgan fingerprint density at radius 2 is 0.540 bits per heavy atom. The van der Waals surface area contributed by atoms with Gasteiger partial charge in [0.05, 0.1) is 38.1 Å². The first kappa shape index (κ1) is 143. The zero-order chi connectivity index (χ0) is 98.0. The summed E-state index contributed by atoms with van der Waals surface area (Å²) in [6.07, 6.45) is 20.4. The number of hydrogen-bond acceptors (Lipinski definition) is 29. The van der Waals surface area contributed by atoms with Gasteiger partial charge in [-0.15, -0.1) is 0 Å². The Bertz CT molecular complexity index is 1910. The molecule has 0 aliphatic carbocycles. The number of nitrogens with two attached hydrogens (primary N) is 20. The van der Waals surface area contributed by atoms with E-state index in [1.807, 2.05) is 48.5 Å². The molecule has 0 heterocycles. The fraction of sp³-hybridized carbons (Fsp3) is 1.00. The van der Waals surface area contributed by atoms with Crippen molar-refractivity contribution >= 4 is 0 Å². The molecule has 0 fully saturated rings. The molecule has 764 valence electrons. The van der Waals surface area contributed by atoms with Gasteiger partial charge in [0.1, 0.15) is 0 Å². The van der Waals surface area contributed by atoms with Crippen LogP contribution in [0.25, 0.3) is 0 Å². The molecule has 0 saturated carbocycles. The van der Waals surface area contributed by atoms with Crippen LogP contribution in [0.1, 0.15) is 309 Å². The van der Waals surface area contributed by atoms with Gasteiger partial charge in [0.15, 0.2) is 0 Å². The maximum Gasteiger partial charge on any atom is 0.0620 e. The first-order valence-corrected chi connectivity index (χ1v) is 49.6. The summed E-state index contributed by atoms with van der Waals surface area (Å²) in [6, 6.07) is 2.77. The normalized spacial score (nSPS) is 14.5. The van der Waals surface area contributed by atoms with Crippen molar-refractivity contribution < 1.29 is 14.2 Å². The van der Waals surface area contributed by atoms with Crippen LogP contribution in [0.4, 0.5) is 0 Å². The molecule has 45 N–H and O–H groups in total. The minimum Gasteiger partial charge on any atom is -0.377 e. The molecule has 29 heteroatoms. The van der Waals surface area contributed by atoms with Crippen LogP contribution in [-0.2, 0) is 14.2 Å². The van der Waals surface area contributed by atoms with E-state index in [-0.39, 0.29) is 84.8 Å². The van der Waals surface area contributed by atoms with Gasteiger partial charge in [0.2, 0.25) is 0 Å². The monoisotopic (exact) mass is 1790 g/mol. The molecule has 0 rings (SSSR count). The van der Waals surface area contributed by atoms with E-state index in [2.05, 4.69) is 170 Å². The second-order valence-electron chi connectivity index (χ2n) is 40.0. The van der Waals surface area contributed by atoms with E-state index in [9.17, 15) is 0 Å². The third-order valence-corrected chi connectivity index (χ3v) is 19.9. The van der Waals surface area contributed by atoms with Crippen molar-refractivity contribution in [2.75, 3.05) is 157 Å². The molecule has 0 aromatic rings. The van der Waals surface area contributed by atoms with Crippen LogP contribution < -0.4 is 141 Å². The van der Waals surface area contributed by atoms with Crippen LogP contribution in [0.5, 0.6) is 0 Å². The second-order valence-corrected chi connectivity index (χ2v) is 40.0. The van der Waals surface area contributed by atoms with E-state index in [4.69, 9.17) is 129 Å². The summed E-state index contributed by atoms with van der Waals surface area (Å²) in [4.78, 5) is 2.31. The van der Waals surface area contributed by atoms with E-state index < -0.39 is 0 Å². The van der Waals surface area contributed by atoms with Crippen molar-refractivity contribution in [3.8, 4) is 0 Å². The molecule has 0 saturated heterocycles. The lowest BCUT2D eigenvalue weighted by atomic mass is 9.81. The maximum atomic E-state index is 5.99. The third-order valence-electron chi connectivity index (χ3n) is 19.9. The fourth-order valence-corrected chi connectivity index (χ4v) is 10.5. The topological polar surface area (TPSA) is 611 Å². The van der Waals surface area contributed by atoms with Gasteiger partial charge in [-0.2, -0.15) is 0 Å². The molecule has 124 heavy (non-hydrogen) atoms. The van der Waals surface area contributed by atoms with Crippen molar-refractivity contribution in [2.45, 2.75) is 400 Å². The largest absolute Gasteiger partial charge is 0.377 e. The van der Waals surface area contributed by atoms with Gasteiger partial charge in [-0.3, -0.25) is 0 Å². The highest BCUT2D eigenvalue weighted by molar-refractivity contribution is 4.78. The van der Waals surface area contributed by atoms with Gasteiger partial charge in [-0.25, -0.2) is 0 Å². The average molecular weight is 1790 g/mol. The number of ether oxygens (including phenoxy) is 3. The second kappa shape index (κ2) is 104. The van der Waals surface area contributed by atoms with Crippen LogP contribution in [0.2, 0.25) is 0 Å². The lowest BCUT2D eigenvalue weighted by Crippen LogP contribution is -2.40. The van der Waals surface area contributed by atoms with Crippen LogP contribution in [0, 0.1) is 58.7 Å². The minimum absolute atomic E-state index is 0.127. The van der Waals surface area contributed by atoms with E-state index in [0.29, 0.717) is 79.2 Å². The van der Waals surface area contributed by atoms with Crippen LogP contribution in [0.3, 0.4) is 0 Å². The highest BCUT2D eigenvalue weighted by Gasteiger charge is 2.22. The summed E-state index contributed by atoms with van der Waals surface area (Å²) in [5.41, 5.74) is 113. The van der Waals surface area contributed by atoms with E-state index in [1.54, 1.807) is 0 Å². The highest BCUT2D eigenvalue weighted by Crippen LogP contribution is 2.24. The Balaban J connectivity index is -0.000000146. The first-order chi connectivity index (χ1) is 57.8. The van der Waals surface area contributed by atoms with Crippen LogP contribution in [-0.4, -0.2) is 253 Å². The molecular formula is C95H236N26O3. The summed E-state index contributed by atoms with van der Waals surface area (Å²) in [6.45, 7) is 78.8. The van der Waals surface area contributed by atoms with Crippen molar-refractivity contribution in [3.63, 3.8) is 0 Å². The molecule has 0 bridgehead atoms. The summed E-state index contributed by atoms with van der Waals surface area (Å²) < 4.78 is 16.1. The number of rotatable bonds is 67. The predicted octanol–water partition coefficient (Wildman–Crippen LogP) is 7.35. The molecule has 0 aliphatic heterocycles. The molecule has 0 aliphatic rings. The summed E-state index contributed by atoms with van der Waals surface area (Å²) >= 11 is 0. The number of nitrogens with zero attached hydrogens (tertiary/aromatic N) is 1. The third kappa shape index (κ3) is 139. The highest BCUT2D eigenvalue weighted by atomic mass is 16.5. The smallest absolute Gasteiger partial charge is 0.0620 e. The summed E-state index contributed by atoms with van der Waals surface area (Å²) in [7, 11) is 0. The zero-order valence-corrected chi connectivity index (χ0v) is 87.5. The quantitative estimate of drug-likeness (QED) is 0.0265. The molecule has 12 atom stereocenters. The van der Waals surface area contributed by atoms with Gasteiger partial charge in [0.25, 0.3) is 0 Å². The van der Waals surface area contributed by atoms with E-state index >= 15 is 0 Å². The van der Waals surface area contributed by atoms with Gasteiger partial charge < -0.3 is 160 Å². The minimum atomic E-state index is 0.127. The molecule has 0 aromatic heterocycles. The molecular weight excluding hydrogens is 1550 g/mol. The van der Waals surface area contributed by atoms with Crippen molar-refractivity contribution in [3.05, 3.63) is 0 Å². The Morgan fingerprint density at radius 3 is 0.798 bits per heavy atom. The fourth-order valence-electron chi connectivity index (χ4n) is 10.5. The molecule has 0 amide bonds. The van der Waals surface area contributed by atoms with Crippen molar-refractivity contribution in [1.29, 1.82) is 0 Å². The Labute approximate surface area is 772 Å². The summed E-state index contributed by atoms with van der Waals surface area (Å²) in [5.74, 6) is 6.09. The average Bonchev–Trinajstić information content (AvgIpc) is 0.903. The number of nitrogens with one attached hydrogen (secondary N) is 5. The Kier molecular flexibility index (Phi) is 120. The van der Waals surface area contributed by atoms with Gasteiger partial charge in [-0.05, 0) is 288 Å². The van der Waals surface area contributed by atoms with Gasteiger partial charge >= 0.3 is 0 Å². The first-order valence-electron chi connectivity index (χ1n) is 49.6. The van der Waals surface area contributed by atoms with Gasteiger partial charge in [0, 0.05) is 151 Å². The predicted molar refractivity (Wildman–Crippen MR) is 553 cm³/mol. The van der Waals surface area contributed by atoms with E-state index in [1.165, 1.54) is 12.8 Å². The Hall–Kier alpha value is -1.16. The maximum absolute atomic E-state index is 5.99. The molecule has 3 unspecified atom stereocenters. The van der Waals surface area contributed by atoms with Gasteiger partial charge in [-0.1, -0.05) is 138 Å². The standard InChI is InChI=1S/2C12H29N3.C11H26N2O.2C10H25N3.C9H23N3.C8H21N3.2C8H20N2O.C7H18N2/c1-9(2)7-15-8-11(13)5-6-12(14)10(3)4;1-10(2)12(3,4)9-15-8-11(14)6-5-7-13;1-8(2)11(13)6-5-10(12)7-14-9(3)4;1-8(2)6-13-7-10(12)5-4-9(3)11;1-9(2)5-7-13-8-10(12)4-3-6-11;1-8(2)6-12-7-9(11)4-3-5-10;1-8(2)7-11(5-3-9)6-4-10;2*1-7(2)11-6-8(10)4-3-5-9;1-6(2)3-4-7(9)5-8/h9-12,15H,5-8,13-14H2,1-4H3;10-11,15H,5-9,13-14H2,1-4H3;8-11H,5-7,12-13H2,1-4H3;8-10,13H,4-7,11-12H2,1-3H3;9-10,13H,3-8,11-12H2,1-2H3;8-9,12H,3-7,10-11H2,1-2H3;8H,3-7,9-10H2,1-2H3;2*7-8H,3-6,9-10H2,1-2H3;6-7H,3-5,8-9H2,1-2H3/t11-,12?;11-;10-,11?;9?,10-;10-;9-;;2*8-;7-/m000000.101/s1. The molecule has 0 aromatic carbocycles. The SMILES string of the molecule is CC(C)C(C)(C)CNC[C@@H](N)CCCN.CC(C)CCNC[C@@H](N)CCCN.CC(C)CC[C@@H](N)CN.CC(C)CN(CCN)CCN.CC(C)CNC[C@@H](N)CCC(C)N.CC(C)CNC[C@@H](N)CCC(N)C(C)C.CC(C)CNC[C@@H](N)CCCN.CC(C)OC[C@@H](N)CCC(N)C(C)C.CC(C)OC[C@@H](N)CCCN.CC(C)OC[C@H](N)CCCN. The summed E-state index contributed by atoms with van der Waals surface area (Å²) in [5, 5.41) is 16.9. The molecule has 0 radical (unpaired) electrons. The lowest BCUT2D eigenvalue weighted by molar-refractivity contribution is 0.0660. The van der Waals surface area contributed by atoms with Crippen molar-refractivity contribution in [2.24, 2.45) is 173 Å². The van der Waals surface area contributed by atoms with E-state index in [0.717, 1.165) is 252 Å². The zero-order valence-electron chi connectivity index (χ0n) is 87.5. The molecule has 29 nitrogen and oxygen atoms in total. The Morgan fingerprint density at radius 1 is 0.266 bits per heavy atom. The molecule has 0 spiro atoms. The van der Waals surface area contributed by atoms with Crippen LogP contribution >= 0.6 is 0 Å². The lowest BCUT2D eigenvalue weighted by Gasteiger charge is -2.30. The number of hydrogen-bond donors (Lipinski definition) is 25.